The van der Waals surface area contributed by atoms with Crippen LogP contribution in [0.3, 0.4) is 0 Å². The van der Waals surface area contributed by atoms with E-state index >= 15 is 0 Å². The molecule has 3 nitrogen and oxygen atoms in total. The molecule has 0 fully saturated rings. The standard InChI is InChI=1S/C14H7NO2S/c16-12-9-6-5-8-7-3-1-2-4-10(7)18-13(8)11(9)15-14(12)17/h1-6H,(H,15,16,17). The lowest BCUT2D eigenvalue weighted by atomic mass is 10.1. The van der Waals surface area contributed by atoms with Crippen molar-refractivity contribution in [3.05, 3.63) is 42.0 Å². The number of fused-ring (bicyclic) bond motifs is 5. The van der Waals surface area contributed by atoms with Crippen LogP contribution in [0.1, 0.15) is 10.4 Å². The Bertz CT molecular complexity index is 847. The van der Waals surface area contributed by atoms with Crippen molar-refractivity contribution >= 4 is 48.9 Å². The first kappa shape index (κ1) is 9.79. The molecule has 1 aliphatic heterocycles. The third-order valence-electron chi connectivity index (χ3n) is 3.24. The number of ketones is 1. The first-order chi connectivity index (χ1) is 8.75. The summed E-state index contributed by atoms with van der Waals surface area (Å²) in [4.78, 5) is 23.1. The molecule has 0 saturated heterocycles. The molecule has 1 aliphatic rings. The molecule has 1 N–H and O–H groups in total. The van der Waals surface area contributed by atoms with Crippen LogP contribution in [-0.4, -0.2) is 11.7 Å². The van der Waals surface area contributed by atoms with Gasteiger partial charge in [0.1, 0.15) is 0 Å². The van der Waals surface area contributed by atoms with E-state index in [4.69, 9.17) is 0 Å². The van der Waals surface area contributed by atoms with Crippen molar-refractivity contribution in [2.24, 2.45) is 0 Å². The first-order valence-electron chi connectivity index (χ1n) is 5.55. The highest BCUT2D eigenvalue weighted by Crippen LogP contribution is 2.41. The fourth-order valence-corrected chi connectivity index (χ4v) is 3.60. The van der Waals surface area contributed by atoms with E-state index in [-0.39, 0.29) is 0 Å². The minimum absolute atomic E-state index is 0.440. The summed E-state index contributed by atoms with van der Waals surface area (Å²) in [6, 6.07) is 11.7. The van der Waals surface area contributed by atoms with Gasteiger partial charge in [-0.3, -0.25) is 9.59 Å². The molecule has 18 heavy (non-hydrogen) atoms. The van der Waals surface area contributed by atoms with Gasteiger partial charge in [0.15, 0.2) is 0 Å². The van der Waals surface area contributed by atoms with Crippen LogP contribution in [0, 0.1) is 0 Å². The predicted octanol–water partition coefficient (Wildman–Crippen LogP) is 3.19. The molecule has 86 valence electrons. The number of amides is 1. The summed E-state index contributed by atoms with van der Waals surface area (Å²) in [6.07, 6.45) is 0. The summed E-state index contributed by atoms with van der Waals surface area (Å²) >= 11 is 1.60. The zero-order valence-electron chi connectivity index (χ0n) is 9.19. The lowest BCUT2D eigenvalue weighted by molar-refractivity contribution is -0.112. The van der Waals surface area contributed by atoms with Crippen LogP contribution in [0.15, 0.2) is 36.4 Å². The summed E-state index contributed by atoms with van der Waals surface area (Å²) in [5.74, 6) is -0.973. The van der Waals surface area contributed by atoms with Crippen LogP contribution in [0.4, 0.5) is 5.69 Å². The molecule has 2 aromatic carbocycles. The highest BCUT2D eigenvalue weighted by atomic mass is 32.1. The number of nitrogens with one attached hydrogen (secondary N) is 1. The highest BCUT2D eigenvalue weighted by molar-refractivity contribution is 7.26. The number of benzene rings is 2. The van der Waals surface area contributed by atoms with E-state index in [1.807, 2.05) is 24.3 Å². The Labute approximate surface area is 106 Å². The maximum Gasteiger partial charge on any atom is 0.296 e. The van der Waals surface area contributed by atoms with E-state index in [9.17, 15) is 9.59 Å². The van der Waals surface area contributed by atoms with Crippen molar-refractivity contribution in [1.82, 2.24) is 0 Å². The van der Waals surface area contributed by atoms with Crippen LogP contribution in [0.25, 0.3) is 20.2 Å². The van der Waals surface area contributed by atoms with Gasteiger partial charge in [-0.25, -0.2) is 0 Å². The molecule has 3 aromatic rings. The van der Waals surface area contributed by atoms with Crippen molar-refractivity contribution in [2.75, 3.05) is 5.32 Å². The monoisotopic (exact) mass is 253 g/mol. The van der Waals surface area contributed by atoms with Gasteiger partial charge in [0.2, 0.25) is 0 Å². The Hall–Kier alpha value is -2.20. The molecule has 2 heterocycles. The van der Waals surface area contributed by atoms with E-state index in [1.54, 1.807) is 17.4 Å². The van der Waals surface area contributed by atoms with Crippen molar-refractivity contribution in [2.45, 2.75) is 0 Å². The topological polar surface area (TPSA) is 46.2 Å². The zero-order chi connectivity index (χ0) is 12.3. The van der Waals surface area contributed by atoms with E-state index < -0.39 is 11.7 Å². The molecule has 0 spiro atoms. The number of hydrogen-bond donors (Lipinski definition) is 1. The molecule has 1 aromatic heterocycles. The zero-order valence-corrected chi connectivity index (χ0v) is 10.0. The summed E-state index contributed by atoms with van der Waals surface area (Å²) < 4.78 is 2.14. The van der Waals surface area contributed by atoms with Crippen LogP contribution in [-0.2, 0) is 4.79 Å². The smallest absolute Gasteiger partial charge is 0.296 e. The number of carbonyl (C=O) groups is 2. The molecule has 4 rings (SSSR count). The average Bonchev–Trinajstić information content (AvgIpc) is 2.89. The molecule has 0 unspecified atom stereocenters. The molecule has 0 radical (unpaired) electrons. The summed E-state index contributed by atoms with van der Waals surface area (Å²) in [7, 11) is 0. The van der Waals surface area contributed by atoms with Crippen LogP contribution in [0.2, 0.25) is 0 Å². The SMILES string of the molecule is O=C1Nc2c(ccc3c2sc2ccccc23)C1=O. The predicted molar refractivity (Wildman–Crippen MR) is 72.3 cm³/mol. The second-order valence-corrected chi connectivity index (χ2v) is 5.30. The summed E-state index contributed by atoms with van der Waals surface area (Å²) in [5, 5.41) is 4.92. The van der Waals surface area contributed by atoms with E-state index in [0.717, 1.165) is 20.2 Å². The van der Waals surface area contributed by atoms with Gasteiger partial charge in [0.25, 0.3) is 11.7 Å². The van der Waals surface area contributed by atoms with E-state index in [2.05, 4.69) is 11.4 Å². The largest absolute Gasteiger partial charge is 0.317 e. The highest BCUT2D eigenvalue weighted by Gasteiger charge is 2.30. The van der Waals surface area contributed by atoms with Gasteiger partial charge in [-0.05, 0) is 12.1 Å². The number of rotatable bonds is 0. The average molecular weight is 253 g/mol. The molecular formula is C14H7NO2S. The maximum atomic E-state index is 11.6. The summed E-state index contributed by atoms with van der Waals surface area (Å²) in [5.41, 5.74) is 1.16. The van der Waals surface area contributed by atoms with Gasteiger partial charge in [0.05, 0.1) is 16.0 Å². The molecule has 1 amide bonds. The molecule has 4 heteroatoms. The van der Waals surface area contributed by atoms with Gasteiger partial charge >= 0.3 is 0 Å². The normalized spacial score (nSPS) is 14.2. The second kappa shape index (κ2) is 3.17. The molecule has 0 aliphatic carbocycles. The number of anilines is 1. The number of carbonyl (C=O) groups excluding carboxylic acids is 2. The van der Waals surface area contributed by atoms with Crippen molar-refractivity contribution in [1.29, 1.82) is 0 Å². The van der Waals surface area contributed by atoms with Gasteiger partial charge < -0.3 is 5.32 Å². The van der Waals surface area contributed by atoms with Crippen molar-refractivity contribution < 1.29 is 9.59 Å². The lowest BCUT2D eigenvalue weighted by Crippen LogP contribution is -2.12. The Morgan fingerprint density at radius 1 is 0.944 bits per heavy atom. The molecule has 0 bridgehead atoms. The third-order valence-corrected chi connectivity index (χ3v) is 4.44. The van der Waals surface area contributed by atoms with Crippen molar-refractivity contribution in [3.8, 4) is 0 Å². The Morgan fingerprint density at radius 3 is 2.67 bits per heavy atom. The van der Waals surface area contributed by atoms with Gasteiger partial charge in [0, 0.05) is 15.5 Å². The molecule has 0 saturated carbocycles. The van der Waals surface area contributed by atoms with Crippen LogP contribution in [0.5, 0.6) is 0 Å². The van der Waals surface area contributed by atoms with Crippen LogP contribution < -0.4 is 5.32 Å². The maximum absolute atomic E-state index is 11.6. The van der Waals surface area contributed by atoms with Crippen LogP contribution >= 0.6 is 11.3 Å². The number of hydrogen-bond acceptors (Lipinski definition) is 3. The van der Waals surface area contributed by atoms with E-state index in [0.29, 0.717) is 11.3 Å². The first-order valence-corrected chi connectivity index (χ1v) is 6.37. The quantitative estimate of drug-likeness (QED) is 0.625. The lowest BCUT2D eigenvalue weighted by Gasteiger charge is -1.98. The van der Waals surface area contributed by atoms with Gasteiger partial charge in [-0.1, -0.05) is 24.3 Å². The second-order valence-electron chi connectivity index (χ2n) is 4.25. The summed E-state index contributed by atoms with van der Waals surface area (Å²) in [6.45, 7) is 0. The Balaban J connectivity index is 2.20. The number of Topliss-reactive ketones (excluding diaryl/α,β-unsaturated/α-hetero) is 1. The fourth-order valence-electron chi connectivity index (χ4n) is 2.39. The number of thiophene rings is 1. The third kappa shape index (κ3) is 1.08. The Kier molecular flexibility index (Phi) is 1.73. The Morgan fingerprint density at radius 2 is 1.78 bits per heavy atom. The molecular weight excluding hydrogens is 246 g/mol. The van der Waals surface area contributed by atoms with Crippen molar-refractivity contribution in [3.63, 3.8) is 0 Å². The fraction of sp³-hybridized carbons (Fsp3) is 0. The van der Waals surface area contributed by atoms with Gasteiger partial charge in [-0.15, -0.1) is 11.3 Å². The van der Waals surface area contributed by atoms with Gasteiger partial charge in [-0.2, -0.15) is 0 Å². The molecule has 0 atom stereocenters. The minimum Gasteiger partial charge on any atom is -0.317 e. The van der Waals surface area contributed by atoms with E-state index in [1.165, 1.54) is 0 Å². The minimum atomic E-state index is -0.532.